The number of hydrogen-bond acceptors (Lipinski definition) is 4. The monoisotopic (exact) mass is 197 g/mol. The lowest BCUT2D eigenvalue weighted by molar-refractivity contribution is -0.197. The molecule has 14 heavy (non-hydrogen) atoms. The Morgan fingerprint density at radius 1 is 1.29 bits per heavy atom. The molecule has 0 aliphatic rings. The Kier molecular flexibility index (Phi) is 3.60. The molecule has 0 aliphatic heterocycles. The quantitative estimate of drug-likeness (QED) is 0.473. The molecule has 0 saturated heterocycles. The van der Waals surface area contributed by atoms with Gasteiger partial charge in [0.25, 0.3) is 0 Å². The lowest BCUT2D eigenvalue weighted by Gasteiger charge is -2.20. The van der Waals surface area contributed by atoms with E-state index in [9.17, 15) is 10.2 Å². The number of aryl methyl sites for hydroxylation is 1. The van der Waals surface area contributed by atoms with Gasteiger partial charge in [0.1, 0.15) is 6.61 Å². The Labute approximate surface area is 82.9 Å². The molecule has 1 aromatic carbocycles. The molecule has 4 N–H and O–H groups in total. The van der Waals surface area contributed by atoms with Crippen molar-refractivity contribution in [2.45, 2.75) is 19.1 Å². The van der Waals surface area contributed by atoms with Gasteiger partial charge in [-0.25, -0.2) is 5.90 Å². The van der Waals surface area contributed by atoms with Crippen molar-refractivity contribution in [2.75, 3.05) is 6.61 Å². The summed E-state index contributed by atoms with van der Waals surface area (Å²) in [6.07, 6.45) is 0.102. The summed E-state index contributed by atoms with van der Waals surface area (Å²) in [5.41, 5.74) is 1.96. The van der Waals surface area contributed by atoms with E-state index in [1.165, 1.54) is 0 Å². The summed E-state index contributed by atoms with van der Waals surface area (Å²) in [6.45, 7) is 1.67. The molecule has 1 rings (SSSR count). The molecule has 0 radical (unpaired) electrons. The minimum atomic E-state index is -1.90. The van der Waals surface area contributed by atoms with Gasteiger partial charge in [0.05, 0.1) is 0 Å². The van der Waals surface area contributed by atoms with Crippen LogP contribution in [0.4, 0.5) is 0 Å². The van der Waals surface area contributed by atoms with Gasteiger partial charge in [-0.3, -0.25) is 4.84 Å². The summed E-state index contributed by atoms with van der Waals surface area (Å²) in [6, 6.07) is 7.50. The van der Waals surface area contributed by atoms with Crippen LogP contribution < -0.4 is 5.90 Å². The maximum Gasteiger partial charge on any atom is 0.192 e. The number of rotatable bonds is 4. The van der Waals surface area contributed by atoms with Crippen LogP contribution >= 0.6 is 0 Å². The molecule has 0 aromatic heterocycles. The second kappa shape index (κ2) is 4.52. The summed E-state index contributed by atoms with van der Waals surface area (Å²) >= 11 is 0. The van der Waals surface area contributed by atoms with E-state index in [4.69, 9.17) is 5.90 Å². The fourth-order valence-electron chi connectivity index (χ4n) is 1.22. The van der Waals surface area contributed by atoms with Crippen LogP contribution in [0, 0.1) is 6.92 Å². The molecular weight excluding hydrogens is 182 g/mol. The topological polar surface area (TPSA) is 75.7 Å². The summed E-state index contributed by atoms with van der Waals surface area (Å²) in [4.78, 5) is 4.20. The van der Waals surface area contributed by atoms with Gasteiger partial charge in [0.2, 0.25) is 0 Å². The Hall–Kier alpha value is -0.940. The number of hydrogen-bond donors (Lipinski definition) is 3. The third kappa shape index (κ3) is 3.43. The molecule has 0 atom stereocenters. The number of nitrogens with two attached hydrogens (primary N) is 1. The van der Waals surface area contributed by atoms with Gasteiger partial charge >= 0.3 is 0 Å². The van der Waals surface area contributed by atoms with Crippen molar-refractivity contribution in [3.63, 3.8) is 0 Å². The lowest BCUT2D eigenvalue weighted by atomic mass is 10.0. The van der Waals surface area contributed by atoms with Crippen LogP contribution in [0.2, 0.25) is 0 Å². The van der Waals surface area contributed by atoms with Crippen LogP contribution in [0.1, 0.15) is 11.1 Å². The Morgan fingerprint density at radius 3 is 2.36 bits per heavy atom. The van der Waals surface area contributed by atoms with E-state index in [0.29, 0.717) is 0 Å². The number of aliphatic hydroxyl groups is 2. The highest BCUT2D eigenvalue weighted by atomic mass is 16.6. The van der Waals surface area contributed by atoms with Gasteiger partial charge < -0.3 is 10.2 Å². The summed E-state index contributed by atoms with van der Waals surface area (Å²) in [5, 5.41) is 18.8. The second-order valence-electron chi connectivity index (χ2n) is 3.46. The molecule has 0 heterocycles. The molecular formula is C10H15NO3. The first-order chi connectivity index (χ1) is 6.53. The van der Waals surface area contributed by atoms with Crippen LogP contribution in [0.3, 0.4) is 0 Å². The zero-order chi connectivity index (χ0) is 10.6. The van der Waals surface area contributed by atoms with Crippen LogP contribution in [0.25, 0.3) is 0 Å². The highest BCUT2D eigenvalue weighted by Gasteiger charge is 2.23. The summed E-state index contributed by atoms with van der Waals surface area (Å²) in [5.74, 6) is 2.87. The van der Waals surface area contributed by atoms with Gasteiger partial charge in [-0.2, -0.15) is 0 Å². The van der Waals surface area contributed by atoms with Crippen LogP contribution in [-0.4, -0.2) is 22.6 Å². The first kappa shape index (κ1) is 11.1. The molecule has 0 spiro atoms. The molecule has 0 fully saturated rings. The predicted molar refractivity (Wildman–Crippen MR) is 52.2 cm³/mol. The predicted octanol–water partition coefficient (Wildman–Crippen LogP) is 0.109. The molecule has 0 unspecified atom stereocenters. The van der Waals surface area contributed by atoms with Crippen molar-refractivity contribution >= 4 is 0 Å². The minimum Gasteiger partial charge on any atom is -0.363 e. The van der Waals surface area contributed by atoms with E-state index < -0.39 is 5.79 Å². The van der Waals surface area contributed by atoms with E-state index in [0.717, 1.165) is 11.1 Å². The highest BCUT2D eigenvalue weighted by molar-refractivity contribution is 5.22. The smallest absolute Gasteiger partial charge is 0.192 e. The summed E-state index contributed by atoms with van der Waals surface area (Å²) < 4.78 is 0. The maximum absolute atomic E-state index is 9.39. The molecule has 4 heteroatoms. The third-order valence-corrected chi connectivity index (χ3v) is 1.92. The molecule has 0 amide bonds. The fourth-order valence-corrected chi connectivity index (χ4v) is 1.22. The average molecular weight is 197 g/mol. The first-order valence-electron chi connectivity index (χ1n) is 4.35. The SMILES string of the molecule is Cc1ccc(CC(O)(O)CON)cc1. The van der Waals surface area contributed by atoms with Gasteiger partial charge in [0.15, 0.2) is 5.79 Å². The van der Waals surface area contributed by atoms with Gasteiger partial charge in [-0.1, -0.05) is 29.8 Å². The van der Waals surface area contributed by atoms with Crippen molar-refractivity contribution in [3.8, 4) is 0 Å². The van der Waals surface area contributed by atoms with Crippen LogP contribution in [-0.2, 0) is 11.3 Å². The van der Waals surface area contributed by atoms with Crippen molar-refractivity contribution in [3.05, 3.63) is 35.4 Å². The standard InChI is InChI=1S/C10H15NO3/c1-8-2-4-9(5-3-8)6-10(12,13)7-14-11/h2-5,12-13H,6-7,11H2,1H3. The molecule has 0 saturated carbocycles. The molecule has 0 bridgehead atoms. The molecule has 0 aliphatic carbocycles. The van der Waals surface area contributed by atoms with Gasteiger partial charge in [-0.05, 0) is 12.5 Å². The van der Waals surface area contributed by atoms with E-state index in [2.05, 4.69) is 4.84 Å². The molecule has 1 aromatic rings. The number of benzene rings is 1. The minimum absolute atomic E-state index is 0.102. The van der Waals surface area contributed by atoms with Crippen molar-refractivity contribution in [1.82, 2.24) is 0 Å². The van der Waals surface area contributed by atoms with Crippen molar-refractivity contribution < 1.29 is 15.1 Å². The van der Waals surface area contributed by atoms with E-state index >= 15 is 0 Å². The summed E-state index contributed by atoms with van der Waals surface area (Å²) in [7, 11) is 0. The normalized spacial score (nSPS) is 11.7. The molecule has 4 nitrogen and oxygen atoms in total. The Morgan fingerprint density at radius 2 is 1.86 bits per heavy atom. The highest BCUT2D eigenvalue weighted by Crippen LogP contribution is 2.11. The third-order valence-electron chi connectivity index (χ3n) is 1.92. The van der Waals surface area contributed by atoms with Gasteiger partial charge in [-0.15, -0.1) is 0 Å². The zero-order valence-electron chi connectivity index (χ0n) is 8.10. The fraction of sp³-hybridized carbons (Fsp3) is 0.400. The Bertz CT molecular complexity index is 282. The first-order valence-corrected chi connectivity index (χ1v) is 4.35. The van der Waals surface area contributed by atoms with Crippen molar-refractivity contribution in [1.29, 1.82) is 0 Å². The van der Waals surface area contributed by atoms with Gasteiger partial charge in [0, 0.05) is 6.42 Å². The van der Waals surface area contributed by atoms with Crippen molar-refractivity contribution in [2.24, 2.45) is 5.90 Å². The average Bonchev–Trinajstić information content (AvgIpc) is 2.08. The van der Waals surface area contributed by atoms with E-state index in [-0.39, 0.29) is 13.0 Å². The second-order valence-corrected chi connectivity index (χ2v) is 3.46. The largest absolute Gasteiger partial charge is 0.363 e. The van der Waals surface area contributed by atoms with E-state index in [1.54, 1.807) is 0 Å². The lowest BCUT2D eigenvalue weighted by Crippen LogP contribution is -2.37. The van der Waals surface area contributed by atoms with Crippen LogP contribution in [0.5, 0.6) is 0 Å². The van der Waals surface area contributed by atoms with E-state index in [1.807, 2.05) is 31.2 Å². The zero-order valence-corrected chi connectivity index (χ0v) is 8.10. The maximum atomic E-state index is 9.39. The Balaban J connectivity index is 2.64. The van der Waals surface area contributed by atoms with Crippen LogP contribution in [0.15, 0.2) is 24.3 Å². The molecule has 78 valence electrons.